The summed E-state index contributed by atoms with van der Waals surface area (Å²) < 4.78 is 5.72. The van der Waals surface area contributed by atoms with Crippen LogP contribution in [0.1, 0.15) is 49.4 Å². The van der Waals surface area contributed by atoms with Gasteiger partial charge in [0, 0.05) is 22.8 Å². The number of nitrogens with one attached hydrogen (secondary N) is 1. The second-order valence-electron chi connectivity index (χ2n) is 8.66. The van der Waals surface area contributed by atoms with Crippen LogP contribution in [0.5, 0.6) is 0 Å². The fraction of sp³-hybridized carbons (Fsp3) is 0.320. The van der Waals surface area contributed by atoms with E-state index in [1.807, 2.05) is 25.1 Å². The first-order chi connectivity index (χ1) is 15.2. The lowest BCUT2D eigenvalue weighted by Gasteiger charge is -2.36. The predicted molar refractivity (Wildman–Crippen MR) is 126 cm³/mol. The Bertz CT molecular complexity index is 1200. The molecule has 0 aliphatic carbocycles. The highest BCUT2D eigenvalue weighted by Gasteiger charge is 2.36. The van der Waals surface area contributed by atoms with E-state index in [0.29, 0.717) is 29.2 Å². The fourth-order valence-corrected chi connectivity index (χ4v) is 4.11. The van der Waals surface area contributed by atoms with Gasteiger partial charge in [0.2, 0.25) is 5.82 Å². The molecule has 1 N–H and O–H groups in total. The van der Waals surface area contributed by atoms with Crippen molar-refractivity contribution >= 4 is 23.2 Å². The maximum Gasteiger partial charge on any atom is 0.322 e. The maximum atomic E-state index is 13.0. The highest BCUT2D eigenvalue weighted by atomic mass is 35.5. The average molecular weight is 451 g/mol. The molecular weight excluding hydrogens is 424 g/mol. The third kappa shape index (κ3) is 4.28. The van der Waals surface area contributed by atoms with Gasteiger partial charge in [0.15, 0.2) is 0 Å². The van der Waals surface area contributed by atoms with Crippen LogP contribution in [-0.2, 0) is 0 Å². The topological polar surface area (TPSA) is 71.3 Å². The zero-order valence-corrected chi connectivity index (χ0v) is 19.7. The smallest absolute Gasteiger partial charge is 0.322 e. The third-order valence-corrected chi connectivity index (χ3v) is 5.98. The molecule has 1 aromatic heterocycles. The van der Waals surface area contributed by atoms with E-state index in [9.17, 15) is 4.79 Å². The van der Waals surface area contributed by atoms with Gasteiger partial charge in [-0.1, -0.05) is 60.9 Å². The van der Waals surface area contributed by atoms with E-state index >= 15 is 0 Å². The molecule has 2 heterocycles. The zero-order valence-electron chi connectivity index (χ0n) is 18.9. The second kappa shape index (κ2) is 8.79. The first-order valence-corrected chi connectivity index (χ1v) is 11.1. The fourth-order valence-electron chi connectivity index (χ4n) is 3.92. The molecule has 3 aromatic rings. The average Bonchev–Trinajstić information content (AvgIpc) is 3.22. The number of rotatable bonds is 5. The molecule has 1 aliphatic heterocycles. The first-order valence-electron chi connectivity index (χ1n) is 10.7. The molecule has 0 saturated carbocycles. The van der Waals surface area contributed by atoms with Crippen LogP contribution in [-0.4, -0.2) is 27.6 Å². The summed E-state index contributed by atoms with van der Waals surface area (Å²) in [7, 11) is 0. The van der Waals surface area contributed by atoms with Crippen LogP contribution in [0.25, 0.3) is 17.0 Å². The molecule has 7 heteroatoms. The van der Waals surface area contributed by atoms with Crippen LogP contribution in [0.4, 0.5) is 4.79 Å². The Balaban J connectivity index is 1.83. The minimum Gasteiger partial charge on any atom is -0.334 e. The van der Waals surface area contributed by atoms with Gasteiger partial charge in [-0.15, -0.1) is 0 Å². The number of amides is 2. The van der Waals surface area contributed by atoms with Gasteiger partial charge < -0.3 is 9.84 Å². The molecule has 1 unspecified atom stereocenters. The van der Waals surface area contributed by atoms with Gasteiger partial charge in [-0.05, 0) is 55.5 Å². The second-order valence-corrected chi connectivity index (χ2v) is 9.10. The standard InChI is InChI=1S/C25H27ClN4O2/c1-14(2)13-30-17(5)21(22(27-25(30)31)18-10-9-15(3)16(4)11-18)24-28-23(29-32-24)19-7-6-8-20(26)12-19/h6-12,14,22H,13H2,1-5H3,(H,27,31). The molecule has 32 heavy (non-hydrogen) atoms. The summed E-state index contributed by atoms with van der Waals surface area (Å²) in [5.74, 6) is 1.14. The van der Waals surface area contributed by atoms with Crippen molar-refractivity contribution in [2.45, 2.75) is 40.7 Å². The quantitative estimate of drug-likeness (QED) is 0.505. The van der Waals surface area contributed by atoms with Crippen molar-refractivity contribution in [3.8, 4) is 11.4 Å². The Kier molecular flexibility index (Phi) is 6.07. The Morgan fingerprint density at radius 2 is 1.91 bits per heavy atom. The minimum atomic E-state index is -0.391. The van der Waals surface area contributed by atoms with Crippen molar-refractivity contribution in [2.24, 2.45) is 5.92 Å². The summed E-state index contributed by atoms with van der Waals surface area (Å²) in [5, 5.41) is 7.95. The largest absolute Gasteiger partial charge is 0.334 e. The number of hydrogen-bond acceptors (Lipinski definition) is 4. The molecule has 4 rings (SSSR count). The molecule has 166 valence electrons. The van der Waals surface area contributed by atoms with Crippen LogP contribution < -0.4 is 5.32 Å². The lowest BCUT2D eigenvalue weighted by molar-refractivity contribution is 0.199. The molecule has 6 nitrogen and oxygen atoms in total. The maximum absolute atomic E-state index is 13.0. The lowest BCUT2D eigenvalue weighted by Crippen LogP contribution is -2.47. The van der Waals surface area contributed by atoms with Gasteiger partial charge in [0.25, 0.3) is 5.89 Å². The molecule has 0 bridgehead atoms. The SMILES string of the molecule is CC1=C(c2nc(-c3cccc(Cl)c3)no2)C(c2ccc(C)c(C)c2)NC(=O)N1CC(C)C. The van der Waals surface area contributed by atoms with Crippen molar-refractivity contribution < 1.29 is 9.32 Å². The van der Waals surface area contributed by atoms with E-state index in [2.05, 4.69) is 55.3 Å². The number of aryl methyl sites for hydroxylation is 2. The number of hydrogen-bond donors (Lipinski definition) is 1. The monoisotopic (exact) mass is 450 g/mol. The van der Waals surface area contributed by atoms with Crippen LogP contribution in [0.15, 0.2) is 52.7 Å². The third-order valence-electron chi connectivity index (χ3n) is 5.75. The molecule has 1 aliphatic rings. The molecule has 0 radical (unpaired) electrons. The van der Waals surface area contributed by atoms with Gasteiger partial charge in [-0.2, -0.15) is 4.98 Å². The molecule has 0 fully saturated rings. The van der Waals surface area contributed by atoms with Gasteiger partial charge in [0.05, 0.1) is 11.6 Å². The first kappa shape index (κ1) is 22.1. The van der Waals surface area contributed by atoms with E-state index in [1.165, 1.54) is 5.56 Å². The Labute approximate surface area is 193 Å². The van der Waals surface area contributed by atoms with E-state index in [0.717, 1.165) is 28.0 Å². The molecule has 2 amide bonds. The number of allylic oxidation sites excluding steroid dienone is 1. The number of benzene rings is 2. The molecule has 2 aromatic carbocycles. The number of urea groups is 1. The van der Waals surface area contributed by atoms with E-state index in [4.69, 9.17) is 16.1 Å². The Morgan fingerprint density at radius 3 is 2.59 bits per heavy atom. The summed E-state index contributed by atoms with van der Waals surface area (Å²) in [4.78, 5) is 19.4. The van der Waals surface area contributed by atoms with Crippen molar-refractivity contribution in [1.82, 2.24) is 20.4 Å². The number of nitrogens with zero attached hydrogens (tertiary/aromatic N) is 3. The number of halogens is 1. The van der Waals surface area contributed by atoms with Crippen LogP contribution >= 0.6 is 11.6 Å². The Hall–Kier alpha value is -3.12. The summed E-state index contributed by atoms with van der Waals surface area (Å²) in [5.41, 5.74) is 5.71. The normalized spacial score (nSPS) is 16.7. The highest BCUT2D eigenvalue weighted by molar-refractivity contribution is 6.30. The van der Waals surface area contributed by atoms with Crippen LogP contribution in [0.2, 0.25) is 5.02 Å². The molecule has 1 atom stereocenters. The van der Waals surface area contributed by atoms with Gasteiger partial charge in [-0.25, -0.2) is 4.79 Å². The summed E-state index contributed by atoms with van der Waals surface area (Å²) >= 11 is 6.14. The van der Waals surface area contributed by atoms with Crippen molar-refractivity contribution in [1.29, 1.82) is 0 Å². The molecule has 0 spiro atoms. The van der Waals surface area contributed by atoms with E-state index < -0.39 is 6.04 Å². The minimum absolute atomic E-state index is 0.127. The van der Waals surface area contributed by atoms with Crippen molar-refractivity contribution in [2.75, 3.05) is 6.54 Å². The van der Waals surface area contributed by atoms with Crippen molar-refractivity contribution in [3.63, 3.8) is 0 Å². The van der Waals surface area contributed by atoms with Crippen LogP contribution in [0.3, 0.4) is 0 Å². The number of carbonyl (C=O) groups excluding carboxylic acids is 1. The predicted octanol–water partition coefficient (Wildman–Crippen LogP) is 6.16. The molecular formula is C25H27ClN4O2. The van der Waals surface area contributed by atoms with Crippen LogP contribution in [0, 0.1) is 19.8 Å². The van der Waals surface area contributed by atoms with E-state index in [-0.39, 0.29) is 6.03 Å². The van der Waals surface area contributed by atoms with Gasteiger partial charge in [-0.3, -0.25) is 4.90 Å². The summed E-state index contributed by atoms with van der Waals surface area (Å²) in [6.45, 7) is 10.8. The summed E-state index contributed by atoms with van der Waals surface area (Å²) in [6, 6.07) is 13.0. The summed E-state index contributed by atoms with van der Waals surface area (Å²) in [6.07, 6.45) is 0. The van der Waals surface area contributed by atoms with Crippen molar-refractivity contribution in [3.05, 3.63) is 75.8 Å². The highest BCUT2D eigenvalue weighted by Crippen LogP contribution is 2.38. The van der Waals surface area contributed by atoms with Gasteiger partial charge in [0.1, 0.15) is 0 Å². The Morgan fingerprint density at radius 1 is 1.12 bits per heavy atom. The van der Waals surface area contributed by atoms with Gasteiger partial charge >= 0.3 is 6.03 Å². The number of carbonyl (C=O) groups is 1. The lowest BCUT2D eigenvalue weighted by atomic mass is 9.92. The number of aromatic nitrogens is 2. The zero-order chi connectivity index (χ0) is 23.0. The van der Waals surface area contributed by atoms with E-state index in [1.54, 1.807) is 17.0 Å². The molecule has 0 saturated heterocycles.